The van der Waals surface area contributed by atoms with Crippen LogP contribution in [0.5, 0.6) is 5.75 Å². The highest BCUT2D eigenvalue weighted by Gasteiger charge is 2.19. The Morgan fingerprint density at radius 1 is 1.06 bits per heavy atom. The van der Waals surface area contributed by atoms with E-state index in [1.807, 2.05) is 31.2 Å². The van der Waals surface area contributed by atoms with Crippen LogP contribution in [0.2, 0.25) is 5.02 Å². The first-order chi connectivity index (χ1) is 15.6. The number of rotatable bonds is 9. The van der Waals surface area contributed by atoms with Crippen molar-refractivity contribution in [1.82, 2.24) is 5.32 Å². The molecular formula is C24H24BrClN2O4S. The van der Waals surface area contributed by atoms with Crippen LogP contribution in [-0.4, -0.2) is 27.2 Å². The number of ether oxygens (including phenoxy) is 1. The van der Waals surface area contributed by atoms with Crippen molar-refractivity contribution in [3.8, 4) is 5.75 Å². The summed E-state index contributed by atoms with van der Waals surface area (Å²) in [5, 5.41) is 3.38. The molecule has 174 valence electrons. The number of amides is 1. The second kappa shape index (κ2) is 11.0. The number of nitrogens with one attached hydrogen (secondary N) is 1. The normalized spacial score (nSPS) is 12.1. The summed E-state index contributed by atoms with van der Waals surface area (Å²) >= 11 is 9.59. The predicted octanol–water partition coefficient (Wildman–Crippen LogP) is 5.32. The molecule has 3 rings (SSSR count). The smallest absolute Gasteiger partial charge is 0.258 e. The van der Waals surface area contributed by atoms with Crippen molar-refractivity contribution >= 4 is 49.1 Å². The van der Waals surface area contributed by atoms with Crippen LogP contribution in [0.3, 0.4) is 0 Å². The molecule has 3 aromatic rings. The fourth-order valence-electron chi connectivity index (χ4n) is 3.16. The highest BCUT2D eigenvalue weighted by molar-refractivity contribution is 9.10. The zero-order valence-electron chi connectivity index (χ0n) is 18.2. The number of hydrogen-bond acceptors (Lipinski definition) is 4. The maximum Gasteiger partial charge on any atom is 0.258 e. The van der Waals surface area contributed by atoms with Crippen molar-refractivity contribution < 1.29 is 17.9 Å². The highest BCUT2D eigenvalue weighted by Crippen LogP contribution is 2.26. The molecule has 0 fully saturated rings. The van der Waals surface area contributed by atoms with E-state index in [-0.39, 0.29) is 25.1 Å². The molecule has 0 saturated carbocycles. The summed E-state index contributed by atoms with van der Waals surface area (Å²) in [7, 11) is -3.55. The van der Waals surface area contributed by atoms with Crippen molar-refractivity contribution in [2.45, 2.75) is 19.5 Å². The average Bonchev–Trinajstić information content (AvgIpc) is 2.77. The third-order valence-electron chi connectivity index (χ3n) is 4.91. The van der Waals surface area contributed by atoms with Gasteiger partial charge in [-0.1, -0.05) is 57.9 Å². The van der Waals surface area contributed by atoms with Crippen LogP contribution < -0.4 is 14.4 Å². The molecule has 0 radical (unpaired) electrons. The average molecular weight is 552 g/mol. The van der Waals surface area contributed by atoms with E-state index in [9.17, 15) is 13.2 Å². The molecule has 33 heavy (non-hydrogen) atoms. The van der Waals surface area contributed by atoms with Gasteiger partial charge in [-0.15, -0.1) is 0 Å². The van der Waals surface area contributed by atoms with E-state index < -0.39 is 10.0 Å². The van der Waals surface area contributed by atoms with E-state index >= 15 is 0 Å². The summed E-state index contributed by atoms with van der Waals surface area (Å²) in [6.45, 7) is 1.85. The molecule has 0 spiro atoms. The Labute approximate surface area is 207 Å². The number of halogens is 2. The molecule has 0 bridgehead atoms. The lowest BCUT2D eigenvalue weighted by atomic mass is 10.1. The monoisotopic (exact) mass is 550 g/mol. The molecule has 1 amide bonds. The van der Waals surface area contributed by atoms with Crippen LogP contribution in [0.25, 0.3) is 0 Å². The van der Waals surface area contributed by atoms with E-state index in [0.29, 0.717) is 22.0 Å². The van der Waals surface area contributed by atoms with E-state index in [0.717, 1.165) is 16.3 Å². The van der Waals surface area contributed by atoms with Gasteiger partial charge in [-0.3, -0.25) is 9.10 Å². The molecule has 6 nitrogen and oxygen atoms in total. The number of carbonyl (C=O) groups is 1. The number of sulfonamides is 1. The minimum absolute atomic E-state index is 0.106. The van der Waals surface area contributed by atoms with Crippen molar-refractivity contribution in [3.05, 3.63) is 93.4 Å². The first-order valence-electron chi connectivity index (χ1n) is 10.1. The topological polar surface area (TPSA) is 75.7 Å². The van der Waals surface area contributed by atoms with Crippen LogP contribution in [0, 0.1) is 0 Å². The summed E-state index contributed by atoms with van der Waals surface area (Å²) < 4.78 is 32.6. The van der Waals surface area contributed by atoms with Gasteiger partial charge in [-0.2, -0.15) is 0 Å². The molecule has 0 aliphatic carbocycles. The van der Waals surface area contributed by atoms with Gasteiger partial charge in [0, 0.05) is 9.50 Å². The third kappa shape index (κ3) is 7.22. The van der Waals surface area contributed by atoms with Crippen LogP contribution in [-0.2, 0) is 21.4 Å². The van der Waals surface area contributed by atoms with Gasteiger partial charge in [0.05, 0.1) is 24.5 Å². The summed E-state index contributed by atoms with van der Waals surface area (Å²) in [6, 6.07) is 21.2. The Bertz CT molecular complexity index is 1200. The van der Waals surface area contributed by atoms with Crippen LogP contribution in [0.1, 0.15) is 24.1 Å². The second-order valence-electron chi connectivity index (χ2n) is 7.48. The molecule has 0 aromatic heterocycles. The molecular weight excluding hydrogens is 528 g/mol. The SMILES string of the molecule is C[C@H](NC(=O)COc1ccc(N(Cc2ccccc2Cl)S(C)(=O)=O)cc1)c1ccc(Br)cc1. The van der Waals surface area contributed by atoms with E-state index in [2.05, 4.69) is 21.2 Å². The van der Waals surface area contributed by atoms with Crippen molar-refractivity contribution in [3.63, 3.8) is 0 Å². The maximum atomic E-state index is 12.4. The summed E-state index contributed by atoms with van der Waals surface area (Å²) in [5.41, 5.74) is 2.15. The minimum Gasteiger partial charge on any atom is -0.484 e. The van der Waals surface area contributed by atoms with Gasteiger partial charge < -0.3 is 10.1 Å². The van der Waals surface area contributed by atoms with E-state index in [4.69, 9.17) is 16.3 Å². The lowest BCUT2D eigenvalue weighted by molar-refractivity contribution is -0.123. The van der Waals surface area contributed by atoms with Crippen molar-refractivity contribution in [2.75, 3.05) is 17.2 Å². The van der Waals surface area contributed by atoms with Gasteiger partial charge in [0.25, 0.3) is 5.91 Å². The molecule has 0 heterocycles. The van der Waals surface area contributed by atoms with Crippen LogP contribution in [0.15, 0.2) is 77.3 Å². The fraction of sp³-hybridized carbons (Fsp3) is 0.208. The largest absolute Gasteiger partial charge is 0.484 e. The maximum absolute atomic E-state index is 12.4. The standard InChI is InChI=1S/C24H24BrClN2O4S/c1-17(18-7-9-20(25)10-8-18)27-24(29)16-32-22-13-11-21(12-14-22)28(33(2,30)31)15-19-5-3-4-6-23(19)26/h3-14,17H,15-16H2,1-2H3,(H,27,29)/t17-/m0/s1. The van der Waals surface area contributed by atoms with Gasteiger partial charge in [-0.25, -0.2) is 8.42 Å². The zero-order valence-corrected chi connectivity index (χ0v) is 21.3. The molecule has 1 atom stereocenters. The zero-order chi connectivity index (χ0) is 24.0. The summed E-state index contributed by atoms with van der Waals surface area (Å²) in [6.07, 6.45) is 1.14. The molecule has 9 heteroatoms. The van der Waals surface area contributed by atoms with Crippen LogP contribution in [0.4, 0.5) is 5.69 Å². The van der Waals surface area contributed by atoms with Gasteiger partial charge in [0.2, 0.25) is 10.0 Å². The Kier molecular flexibility index (Phi) is 8.40. The molecule has 0 aliphatic rings. The van der Waals surface area contributed by atoms with E-state index in [1.165, 1.54) is 4.31 Å². The Balaban J connectivity index is 1.61. The van der Waals surface area contributed by atoms with Crippen molar-refractivity contribution in [2.24, 2.45) is 0 Å². The molecule has 0 unspecified atom stereocenters. The lowest BCUT2D eigenvalue weighted by Crippen LogP contribution is -2.31. The Morgan fingerprint density at radius 2 is 1.70 bits per heavy atom. The predicted molar refractivity (Wildman–Crippen MR) is 135 cm³/mol. The van der Waals surface area contributed by atoms with Gasteiger partial charge in [0.1, 0.15) is 5.75 Å². The third-order valence-corrected chi connectivity index (χ3v) is 6.95. The highest BCUT2D eigenvalue weighted by atomic mass is 79.9. The van der Waals surface area contributed by atoms with Gasteiger partial charge >= 0.3 is 0 Å². The Hall–Kier alpha value is -2.55. The first-order valence-corrected chi connectivity index (χ1v) is 13.1. The number of carbonyl (C=O) groups excluding carboxylic acids is 1. The molecule has 1 N–H and O–H groups in total. The molecule has 0 saturated heterocycles. The summed E-state index contributed by atoms with van der Waals surface area (Å²) in [5.74, 6) is 0.197. The first kappa shape index (κ1) is 25.1. The molecule has 0 aliphatic heterocycles. The number of hydrogen-bond donors (Lipinski definition) is 1. The second-order valence-corrected chi connectivity index (χ2v) is 10.7. The number of anilines is 1. The van der Waals surface area contributed by atoms with Gasteiger partial charge in [-0.05, 0) is 60.5 Å². The van der Waals surface area contributed by atoms with E-state index in [1.54, 1.807) is 48.5 Å². The number of nitrogens with zero attached hydrogens (tertiary/aromatic N) is 1. The molecule has 3 aromatic carbocycles. The fourth-order valence-corrected chi connectivity index (χ4v) is 4.49. The Morgan fingerprint density at radius 3 is 2.30 bits per heavy atom. The number of benzene rings is 3. The summed E-state index contributed by atoms with van der Waals surface area (Å²) in [4.78, 5) is 12.3. The minimum atomic E-state index is -3.55. The van der Waals surface area contributed by atoms with Gasteiger partial charge in [0.15, 0.2) is 6.61 Å². The van der Waals surface area contributed by atoms with Crippen molar-refractivity contribution in [1.29, 1.82) is 0 Å². The lowest BCUT2D eigenvalue weighted by Gasteiger charge is -2.23. The van der Waals surface area contributed by atoms with Crippen LogP contribution >= 0.6 is 27.5 Å². The quantitative estimate of drug-likeness (QED) is 0.390.